The number of fused-ring (bicyclic) bond motifs is 1. The lowest BCUT2D eigenvalue weighted by Crippen LogP contribution is -2.49. The average Bonchev–Trinajstić information content (AvgIpc) is 3.06. The highest BCUT2D eigenvalue weighted by Gasteiger charge is 2.42. The molecule has 0 unspecified atom stereocenters. The van der Waals surface area contributed by atoms with E-state index in [2.05, 4.69) is 15.6 Å². The van der Waals surface area contributed by atoms with E-state index < -0.39 is 0 Å². The third-order valence-electron chi connectivity index (χ3n) is 5.51. The molecule has 1 aliphatic heterocycles. The summed E-state index contributed by atoms with van der Waals surface area (Å²) in [7, 11) is 5.41. The van der Waals surface area contributed by atoms with Gasteiger partial charge in [-0.2, -0.15) is 0 Å². The second kappa shape index (κ2) is 9.17. The second-order valence-electron chi connectivity index (χ2n) is 7.80. The Labute approximate surface area is 167 Å². The van der Waals surface area contributed by atoms with Gasteiger partial charge >= 0.3 is 0 Å². The van der Waals surface area contributed by atoms with Crippen LogP contribution in [0.5, 0.6) is 11.5 Å². The number of amides is 1. The molecule has 1 aliphatic carbocycles. The number of nitrogens with one attached hydrogen (secondary N) is 2. The summed E-state index contributed by atoms with van der Waals surface area (Å²) in [6, 6.07) is 5.99. The van der Waals surface area contributed by atoms with Crippen molar-refractivity contribution >= 4 is 11.9 Å². The lowest BCUT2D eigenvalue weighted by Gasteiger charge is -2.31. The summed E-state index contributed by atoms with van der Waals surface area (Å²) in [5.41, 5.74) is 0.767. The molecule has 7 heteroatoms. The first-order chi connectivity index (χ1) is 13.5. The molecule has 0 aromatic heterocycles. The van der Waals surface area contributed by atoms with E-state index in [1.165, 1.54) is 0 Å². The Balaban J connectivity index is 1.58. The van der Waals surface area contributed by atoms with Crippen LogP contribution in [0.25, 0.3) is 0 Å². The summed E-state index contributed by atoms with van der Waals surface area (Å²) in [6.45, 7) is 2.58. The molecule has 0 bridgehead atoms. The van der Waals surface area contributed by atoms with Crippen LogP contribution in [0.2, 0.25) is 0 Å². The fourth-order valence-electron chi connectivity index (χ4n) is 3.97. The van der Waals surface area contributed by atoms with E-state index in [1.807, 2.05) is 32.3 Å². The molecular weight excluding hydrogens is 356 g/mol. The molecule has 0 atom stereocenters. The highest BCUT2D eigenvalue weighted by molar-refractivity contribution is 5.85. The molecule has 28 heavy (non-hydrogen) atoms. The van der Waals surface area contributed by atoms with Gasteiger partial charge in [0.05, 0.1) is 18.6 Å². The van der Waals surface area contributed by atoms with Gasteiger partial charge in [0.2, 0.25) is 5.91 Å². The smallest absolute Gasteiger partial charge is 0.230 e. The lowest BCUT2D eigenvalue weighted by atomic mass is 9.84. The number of guanidine groups is 1. The number of rotatable bonds is 5. The van der Waals surface area contributed by atoms with Crippen molar-refractivity contribution in [3.05, 3.63) is 23.8 Å². The lowest BCUT2D eigenvalue weighted by molar-refractivity contribution is -0.138. The Hall–Kier alpha value is -2.44. The number of carbonyl (C=O) groups is 1. The number of hydrogen-bond donors (Lipinski definition) is 2. The molecule has 1 aromatic carbocycles. The Morgan fingerprint density at radius 2 is 1.82 bits per heavy atom. The Bertz CT molecular complexity index is 712. The fourth-order valence-corrected chi connectivity index (χ4v) is 3.97. The first-order valence-corrected chi connectivity index (χ1v) is 10.1. The molecule has 1 aromatic rings. The topological polar surface area (TPSA) is 75.2 Å². The first-order valence-electron chi connectivity index (χ1n) is 10.1. The van der Waals surface area contributed by atoms with Crippen molar-refractivity contribution in [2.75, 3.05) is 40.9 Å². The van der Waals surface area contributed by atoms with Crippen LogP contribution in [0.15, 0.2) is 23.2 Å². The number of ether oxygens (including phenoxy) is 2. The third-order valence-corrected chi connectivity index (χ3v) is 5.51. The van der Waals surface area contributed by atoms with Gasteiger partial charge < -0.3 is 25.0 Å². The molecule has 7 nitrogen and oxygen atoms in total. The van der Waals surface area contributed by atoms with Gasteiger partial charge in [0.25, 0.3) is 0 Å². The zero-order chi connectivity index (χ0) is 20.0. The summed E-state index contributed by atoms with van der Waals surface area (Å²) in [5.74, 6) is 2.50. The second-order valence-corrected chi connectivity index (χ2v) is 7.80. The molecule has 0 radical (unpaired) electrons. The zero-order valence-corrected chi connectivity index (χ0v) is 17.2. The van der Waals surface area contributed by atoms with Gasteiger partial charge in [-0.25, -0.2) is 0 Å². The maximum absolute atomic E-state index is 12.7. The van der Waals surface area contributed by atoms with Gasteiger partial charge in [0.1, 0.15) is 0 Å². The molecular formula is C21H32N4O3. The molecule has 2 N–H and O–H groups in total. The molecule has 1 saturated carbocycles. The van der Waals surface area contributed by atoms with Gasteiger partial charge in [-0.15, -0.1) is 0 Å². The number of benzene rings is 1. The van der Waals surface area contributed by atoms with Crippen LogP contribution in [-0.2, 0) is 11.3 Å². The molecule has 1 amide bonds. The van der Waals surface area contributed by atoms with Crippen molar-refractivity contribution in [2.24, 2.45) is 10.4 Å². The number of hydrogen-bond acceptors (Lipinski definition) is 4. The molecule has 2 aliphatic rings. The van der Waals surface area contributed by atoms with Crippen LogP contribution in [0.1, 0.15) is 37.7 Å². The first kappa shape index (κ1) is 20.3. The van der Waals surface area contributed by atoms with E-state index in [0.717, 1.165) is 49.2 Å². The predicted octanol–water partition coefficient (Wildman–Crippen LogP) is 2.16. The number of aliphatic imine (C=N–C) groups is 1. The van der Waals surface area contributed by atoms with E-state index >= 15 is 0 Å². The quantitative estimate of drug-likeness (QED) is 0.597. The Morgan fingerprint density at radius 1 is 1.11 bits per heavy atom. The largest absolute Gasteiger partial charge is 0.490 e. The van der Waals surface area contributed by atoms with E-state index in [1.54, 1.807) is 11.9 Å². The summed E-state index contributed by atoms with van der Waals surface area (Å²) in [6.07, 6.45) is 4.95. The van der Waals surface area contributed by atoms with Crippen molar-refractivity contribution in [1.82, 2.24) is 15.5 Å². The summed E-state index contributed by atoms with van der Waals surface area (Å²) in [5, 5.41) is 6.70. The fraction of sp³-hybridized carbons (Fsp3) is 0.619. The van der Waals surface area contributed by atoms with Crippen molar-refractivity contribution in [3.8, 4) is 11.5 Å². The molecule has 1 heterocycles. The normalized spacial score (nSPS) is 18.3. The van der Waals surface area contributed by atoms with Crippen LogP contribution in [0.4, 0.5) is 0 Å². The number of carbonyl (C=O) groups excluding carboxylic acids is 1. The van der Waals surface area contributed by atoms with Crippen molar-refractivity contribution < 1.29 is 14.3 Å². The van der Waals surface area contributed by atoms with Crippen LogP contribution >= 0.6 is 0 Å². The molecule has 3 rings (SSSR count). The molecule has 154 valence electrons. The third kappa shape index (κ3) is 4.69. The molecule has 1 fully saturated rings. The average molecular weight is 389 g/mol. The van der Waals surface area contributed by atoms with Gasteiger partial charge in [-0.05, 0) is 30.5 Å². The van der Waals surface area contributed by atoms with Crippen LogP contribution < -0.4 is 20.1 Å². The van der Waals surface area contributed by atoms with Crippen molar-refractivity contribution in [2.45, 2.75) is 38.6 Å². The van der Waals surface area contributed by atoms with E-state index in [0.29, 0.717) is 32.3 Å². The minimum Gasteiger partial charge on any atom is -0.490 e. The van der Waals surface area contributed by atoms with Gasteiger partial charge in [-0.3, -0.25) is 9.79 Å². The van der Waals surface area contributed by atoms with Crippen molar-refractivity contribution in [1.29, 1.82) is 0 Å². The summed E-state index contributed by atoms with van der Waals surface area (Å²) < 4.78 is 11.4. The van der Waals surface area contributed by atoms with Gasteiger partial charge in [0, 0.05) is 40.7 Å². The highest BCUT2D eigenvalue weighted by Crippen LogP contribution is 2.39. The van der Waals surface area contributed by atoms with Gasteiger partial charge in [0.15, 0.2) is 17.5 Å². The van der Waals surface area contributed by atoms with E-state index in [-0.39, 0.29) is 11.3 Å². The van der Waals surface area contributed by atoms with Crippen LogP contribution in [-0.4, -0.2) is 57.7 Å². The molecule has 0 spiro atoms. The standard InChI is InChI=1S/C21H32N4O3/c1-22-20(24-15-21(9-4-5-10-21)19(26)25(2)3)23-14-16-7-8-17-18(13-16)28-12-6-11-27-17/h7-8,13H,4-6,9-12,14-15H2,1-3H3,(H2,22,23,24). The van der Waals surface area contributed by atoms with Crippen LogP contribution in [0.3, 0.4) is 0 Å². The minimum atomic E-state index is -0.323. The maximum Gasteiger partial charge on any atom is 0.230 e. The predicted molar refractivity (Wildman–Crippen MR) is 110 cm³/mol. The maximum atomic E-state index is 12.7. The van der Waals surface area contributed by atoms with Crippen molar-refractivity contribution in [3.63, 3.8) is 0 Å². The van der Waals surface area contributed by atoms with Gasteiger partial charge in [-0.1, -0.05) is 18.9 Å². The summed E-state index contributed by atoms with van der Waals surface area (Å²) in [4.78, 5) is 18.7. The zero-order valence-electron chi connectivity index (χ0n) is 17.2. The minimum absolute atomic E-state index is 0.204. The SMILES string of the molecule is CN=C(NCc1ccc2c(c1)OCCCO2)NCC1(C(=O)N(C)C)CCCC1. The van der Waals surface area contributed by atoms with E-state index in [9.17, 15) is 4.79 Å². The molecule has 0 saturated heterocycles. The monoisotopic (exact) mass is 388 g/mol. The van der Waals surface area contributed by atoms with Crippen LogP contribution in [0, 0.1) is 5.41 Å². The Morgan fingerprint density at radius 3 is 2.50 bits per heavy atom. The summed E-state index contributed by atoms with van der Waals surface area (Å²) >= 11 is 0. The Kier molecular flexibility index (Phi) is 6.65. The highest BCUT2D eigenvalue weighted by atomic mass is 16.5. The number of nitrogens with zero attached hydrogens (tertiary/aromatic N) is 2. The van der Waals surface area contributed by atoms with E-state index in [4.69, 9.17) is 9.47 Å².